The van der Waals surface area contributed by atoms with Crippen LogP contribution in [-0.2, 0) is 9.53 Å². The predicted octanol–water partition coefficient (Wildman–Crippen LogP) is 1.78. The minimum absolute atomic E-state index is 0.384. The summed E-state index contributed by atoms with van der Waals surface area (Å²) in [5, 5.41) is 0. The molecule has 1 aliphatic carbocycles. The van der Waals surface area contributed by atoms with Gasteiger partial charge in [-0.15, -0.1) is 0 Å². The molecule has 0 aromatic rings. The van der Waals surface area contributed by atoms with Crippen molar-refractivity contribution in [2.24, 2.45) is 5.92 Å². The lowest BCUT2D eigenvalue weighted by Crippen LogP contribution is -2.24. The zero-order chi connectivity index (χ0) is 9.68. The first-order chi connectivity index (χ1) is 6.20. The van der Waals surface area contributed by atoms with Gasteiger partial charge in [-0.3, -0.25) is 4.79 Å². The second-order valence-electron chi connectivity index (χ2n) is 3.86. The Balaban J connectivity index is 2.13. The van der Waals surface area contributed by atoms with Gasteiger partial charge in [0.05, 0.1) is 6.61 Å². The van der Waals surface area contributed by atoms with Crippen molar-refractivity contribution < 1.29 is 9.53 Å². The molecule has 1 fully saturated rings. The topological polar surface area (TPSA) is 50.1 Å². The van der Waals surface area contributed by atoms with Gasteiger partial charge >= 0.3 is 5.97 Å². The van der Waals surface area contributed by atoms with E-state index in [-0.39, 0.29) is 5.97 Å². The molecule has 0 aromatic heterocycles. The molecule has 0 heterocycles. The van der Waals surface area contributed by atoms with Crippen LogP contribution in [0.15, 0.2) is 0 Å². The van der Waals surface area contributed by atoms with E-state index in [1.807, 2.05) is 0 Å². The molecular weight excluding hydrogens is 166 g/mol. The Morgan fingerprint density at radius 1 is 1.46 bits per heavy atom. The third-order valence-corrected chi connectivity index (χ3v) is 2.54. The average Bonchev–Trinajstić information content (AvgIpc) is 2.15. The summed E-state index contributed by atoms with van der Waals surface area (Å²) in [6.07, 6.45) is 6.20. The molecule has 1 unspecified atom stereocenters. The number of hydrogen-bond acceptors (Lipinski definition) is 2. The Morgan fingerprint density at radius 2 is 2.08 bits per heavy atom. The van der Waals surface area contributed by atoms with E-state index in [0.29, 0.717) is 12.5 Å². The van der Waals surface area contributed by atoms with Crippen molar-refractivity contribution in [3.05, 3.63) is 0 Å². The van der Waals surface area contributed by atoms with Gasteiger partial charge in [0.25, 0.3) is 0 Å². The van der Waals surface area contributed by atoms with E-state index in [4.69, 9.17) is 10.5 Å². The maximum Gasteiger partial charge on any atom is 0.324 e. The standard InChI is InChI=1S/C10H18NO2/c1-8(11)10(12)13-7-9-5-3-2-4-6-9/h8-9,11H,2-7H2,1H3. The molecule has 1 rings (SSSR count). The average molecular weight is 184 g/mol. The second-order valence-corrected chi connectivity index (χ2v) is 3.86. The first-order valence-electron chi connectivity index (χ1n) is 5.08. The predicted molar refractivity (Wildman–Crippen MR) is 50.1 cm³/mol. The Labute approximate surface area is 79.6 Å². The molecule has 3 heteroatoms. The number of carbonyl (C=O) groups is 1. The molecule has 13 heavy (non-hydrogen) atoms. The summed E-state index contributed by atoms with van der Waals surface area (Å²) in [6, 6.07) is -0.733. The molecule has 1 atom stereocenters. The second kappa shape index (κ2) is 5.22. The molecule has 3 nitrogen and oxygen atoms in total. The summed E-state index contributed by atoms with van der Waals surface area (Å²) in [5.41, 5.74) is 7.13. The van der Waals surface area contributed by atoms with Gasteiger partial charge in [-0.2, -0.15) is 0 Å². The van der Waals surface area contributed by atoms with Gasteiger partial charge in [-0.1, -0.05) is 19.3 Å². The van der Waals surface area contributed by atoms with Crippen LogP contribution in [0.3, 0.4) is 0 Å². The van der Waals surface area contributed by atoms with Crippen LogP contribution in [0.5, 0.6) is 0 Å². The van der Waals surface area contributed by atoms with Crippen molar-refractivity contribution in [1.82, 2.24) is 5.73 Å². The lowest BCUT2D eigenvalue weighted by Gasteiger charge is -2.21. The highest BCUT2D eigenvalue weighted by Crippen LogP contribution is 2.23. The van der Waals surface area contributed by atoms with Crippen molar-refractivity contribution in [3.8, 4) is 0 Å². The van der Waals surface area contributed by atoms with E-state index < -0.39 is 6.04 Å². The maximum absolute atomic E-state index is 11.0. The van der Waals surface area contributed by atoms with E-state index >= 15 is 0 Å². The van der Waals surface area contributed by atoms with Gasteiger partial charge in [0, 0.05) is 0 Å². The van der Waals surface area contributed by atoms with Gasteiger partial charge in [-0.05, 0) is 25.7 Å². The van der Waals surface area contributed by atoms with Crippen molar-refractivity contribution >= 4 is 5.97 Å². The van der Waals surface area contributed by atoms with Crippen LogP contribution in [0.2, 0.25) is 0 Å². The normalized spacial score (nSPS) is 21.1. The molecule has 1 aliphatic rings. The molecule has 0 spiro atoms. The van der Waals surface area contributed by atoms with Crippen LogP contribution in [0, 0.1) is 5.92 Å². The fraction of sp³-hybridized carbons (Fsp3) is 0.900. The molecular formula is C10H18NO2. The molecule has 0 amide bonds. The van der Waals surface area contributed by atoms with Gasteiger partial charge in [0.2, 0.25) is 0 Å². The third kappa shape index (κ3) is 3.77. The number of carbonyl (C=O) groups excluding carboxylic acids is 1. The SMILES string of the molecule is CC([NH])C(=O)OCC1CCCCC1. The zero-order valence-electron chi connectivity index (χ0n) is 8.21. The van der Waals surface area contributed by atoms with Crippen molar-refractivity contribution in [1.29, 1.82) is 0 Å². The summed E-state index contributed by atoms with van der Waals surface area (Å²) >= 11 is 0. The first-order valence-corrected chi connectivity index (χ1v) is 5.08. The summed E-state index contributed by atoms with van der Waals surface area (Å²) in [7, 11) is 0. The Morgan fingerprint density at radius 3 is 2.62 bits per heavy atom. The monoisotopic (exact) mass is 184 g/mol. The summed E-state index contributed by atoms with van der Waals surface area (Å²) < 4.78 is 5.02. The molecule has 75 valence electrons. The lowest BCUT2D eigenvalue weighted by molar-refractivity contribution is -0.146. The van der Waals surface area contributed by atoms with Gasteiger partial charge in [0.1, 0.15) is 6.04 Å². The molecule has 1 radical (unpaired) electrons. The largest absolute Gasteiger partial charge is 0.464 e. The lowest BCUT2D eigenvalue weighted by atomic mass is 9.90. The van der Waals surface area contributed by atoms with E-state index in [0.717, 1.165) is 0 Å². The van der Waals surface area contributed by atoms with Crippen molar-refractivity contribution in [2.45, 2.75) is 45.1 Å². The van der Waals surface area contributed by atoms with Crippen LogP contribution < -0.4 is 5.73 Å². The van der Waals surface area contributed by atoms with E-state index in [1.165, 1.54) is 32.1 Å². The smallest absolute Gasteiger partial charge is 0.324 e. The highest BCUT2D eigenvalue weighted by molar-refractivity contribution is 5.74. The molecule has 1 saturated carbocycles. The number of esters is 1. The fourth-order valence-electron chi connectivity index (χ4n) is 1.68. The summed E-state index contributed by atoms with van der Waals surface area (Å²) in [4.78, 5) is 11.0. The minimum atomic E-state index is -0.733. The third-order valence-electron chi connectivity index (χ3n) is 2.54. The highest BCUT2D eigenvalue weighted by atomic mass is 16.5. The summed E-state index contributed by atoms with van der Waals surface area (Å²) in [6.45, 7) is 2.07. The van der Waals surface area contributed by atoms with Crippen molar-refractivity contribution in [2.75, 3.05) is 6.61 Å². The van der Waals surface area contributed by atoms with Gasteiger partial charge in [-0.25, -0.2) is 5.73 Å². The van der Waals surface area contributed by atoms with Crippen molar-refractivity contribution in [3.63, 3.8) is 0 Å². The van der Waals surface area contributed by atoms with E-state index in [2.05, 4.69) is 0 Å². The number of ether oxygens (including phenoxy) is 1. The number of hydrogen-bond donors (Lipinski definition) is 0. The highest BCUT2D eigenvalue weighted by Gasteiger charge is 2.16. The quantitative estimate of drug-likeness (QED) is 0.628. The number of nitrogens with one attached hydrogen (secondary N) is 1. The van der Waals surface area contributed by atoms with Crippen LogP contribution in [0.1, 0.15) is 39.0 Å². The van der Waals surface area contributed by atoms with Gasteiger partial charge < -0.3 is 4.74 Å². The van der Waals surface area contributed by atoms with Crippen LogP contribution in [-0.4, -0.2) is 18.6 Å². The first kappa shape index (κ1) is 10.5. The van der Waals surface area contributed by atoms with Gasteiger partial charge in [0.15, 0.2) is 0 Å². The zero-order valence-corrected chi connectivity index (χ0v) is 8.21. The van der Waals surface area contributed by atoms with E-state index in [1.54, 1.807) is 6.92 Å². The Kier molecular flexibility index (Phi) is 4.22. The molecule has 0 saturated heterocycles. The van der Waals surface area contributed by atoms with Crippen LogP contribution in [0.25, 0.3) is 0 Å². The van der Waals surface area contributed by atoms with Crippen LogP contribution in [0.4, 0.5) is 0 Å². The van der Waals surface area contributed by atoms with Crippen LogP contribution >= 0.6 is 0 Å². The molecule has 1 N–H and O–H groups in total. The maximum atomic E-state index is 11.0. The minimum Gasteiger partial charge on any atom is -0.464 e. The summed E-state index contributed by atoms with van der Waals surface area (Å²) in [5.74, 6) is 0.169. The fourth-order valence-corrected chi connectivity index (χ4v) is 1.68. The van der Waals surface area contributed by atoms with E-state index in [9.17, 15) is 4.79 Å². The molecule has 0 aliphatic heterocycles. The number of rotatable bonds is 3. The molecule has 0 aromatic carbocycles. The Hall–Kier alpha value is -0.570. The Bertz CT molecular complexity index is 162. The molecule has 0 bridgehead atoms.